The number of nitrogens with one attached hydrogen (secondary N) is 1. The van der Waals surface area contributed by atoms with Crippen molar-refractivity contribution in [2.75, 3.05) is 0 Å². The number of aromatic amines is 1. The third-order valence-electron chi connectivity index (χ3n) is 5.01. The number of benzene rings is 2. The van der Waals surface area contributed by atoms with Crippen LogP contribution in [0.15, 0.2) is 61.4 Å². The minimum absolute atomic E-state index is 0.0546. The molecule has 4 rings (SSSR count). The molecule has 0 fully saturated rings. The van der Waals surface area contributed by atoms with Gasteiger partial charge in [0.25, 0.3) is 0 Å². The molecule has 0 spiro atoms. The van der Waals surface area contributed by atoms with Gasteiger partial charge in [0.15, 0.2) is 5.78 Å². The molecule has 28 heavy (non-hydrogen) atoms. The Morgan fingerprint density at radius 3 is 2.46 bits per heavy atom. The largest absolute Gasteiger partial charge is 0.348 e. The van der Waals surface area contributed by atoms with Gasteiger partial charge in [-0.25, -0.2) is 9.97 Å². The lowest BCUT2D eigenvalue weighted by molar-refractivity contribution is 0.103. The smallest absolute Gasteiger partial charge is 0.193 e. The van der Waals surface area contributed by atoms with Gasteiger partial charge in [-0.1, -0.05) is 18.2 Å². The number of aromatic nitrogens is 4. The number of hydrogen-bond donors (Lipinski definition) is 1. The summed E-state index contributed by atoms with van der Waals surface area (Å²) in [5, 5.41) is 0. The predicted octanol–water partition coefficient (Wildman–Crippen LogP) is 4.34. The van der Waals surface area contributed by atoms with Gasteiger partial charge in [-0.05, 0) is 55.2 Å². The van der Waals surface area contributed by atoms with E-state index in [9.17, 15) is 4.79 Å². The molecule has 0 saturated carbocycles. The maximum absolute atomic E-state index is 13.4. The second-order valence-corrected chi connectivity index (χ2v) is 7.12. The van der Waals surface area contributed by atoms with Crippen LogP contribution in [0.1, 0.15) is 44.0 Å². The Balaban J connectivity index is 1.71. The maximum atomic E-state index is 13.4. The quantitative estimate of drug-likeness (QED) is 0.532. The Kier molecular flexibility index (Phi) is 4.65. The third kappa shape index (κ3) is 3.39. The van der Waals surface area contributed by atoms with E-state index in [0.717, 1.165) is 51.3 Å². The molecule has 0 unspecified atom stereocenters. The molecule has 4 aromatic rings. The number of carbonyl (C=O) groups excluding carboxylic acids is 1. The Morgan fingerprint density at radius 2 is 1.82 bits per heavy atom. The van der Waals surface area contributed by atoms with E-state index in [0.29, 0.717) is 0 Å². The highest BCUT2D eigenvalue weighted by molar-refractivity contribution is 6.12. The summed E-state index contributed by atoms with van der Waals surface area (Å²) < 4.78 is 1.91. The Bertz CT molecular complexity index is 1100. The Hall–Kier alpha value is -3.47. The van der Waals surface area contributed by atoms with Crippen molar-refractivity contribution in [1.29, 1.82) is 0 Å². The molecule has 0 amide bonds. The number of carbonyl (C=O) groups is 1. The minimum Gasteiger partial charge on any atom is -0.348 e. The van der Waals surface area contributed by atoms with Gasteiger partial charge in [0, 0.05) is 48.0 Å². The first-order valence-electron chi connectivity index (χ1n) is 9.25. The molecule has 140 valence electrons. The zero-order valence-electron chi connectivity index (χ0n) is 16.2. The molecular weight excluding hydrogens is 348 g/mol. The van der Waals surface area contributed by atoms with Crippen molar-refractivity contribution < 1.29 is 4.79 Å². The van der Waals surface area contributed by atoms with E-state index in [-0.39, 0.29) is 5.78 Å². The van der Waals surface area contributed by atoms with Gasteiger partial charge in [-0.2, -0.15) is 0 Å². The highest BCUT2D eigenvalue weighted by atomic mass is 16.1. The number of rotatable bonds is 5. The summed E-state index contributed by atoms with van der Waals surface area (Å²) in [4.78, 5) is 24.9. The topological polar surface area (TPSA) is 63.6 Å². The standard InChI is InChI=1S/C23H22N4O/c1-15-4-5-19(27-9-8-24-14-27)13-20(15)23(28)22-16(2)10-18(11-17(22)3)12-21-25-6-7-26-21/h4-11,13-14H,12H2,1-3H3,(H,25,26). The molecule has 1 N–H and O–H groups in total. The highest BCUT2D eigenvalue weighted by Crippen LogP contribution is 2.24. The van der Waals surface area contributed by atoms with Gasteiger partial charge in [-0.15, -0.1) is 0 Å². The SMILES string of the molecule is Cc1ccc(-n2ccnc2)cc1C(=O)c1c(C)cc(Cc2ncc[nH]2)cc1C. The van der Waals surface area contributed by atoms with Crippen molar-refractivity contribution in [2.45, 2.75) is 27.2 Å². The lowest BCUT2D eigenvalue weighted by Crippen LogP contribution is -2.10. The fraction of sp³-hybridized carbons (Fsp3) is 0.174. The van der Waals surface area contributed by atoms with Crippen LogP contribution >= 0.6 is 0 Å². The normalized spacial score (nSPS) is 11.0. The van der Waals surface area contributed by atoms with Crippen LogP contribution in [-0.2, 0) is 6.42 Å². The van der Waals surface area contributed by atoms with Gasteiger partial charge in [-0.3, -0.25) is 4.79 Å². The summed E-state index contributed by atoms with van der Waals surface area (Å²) in [7, 11) is 0. The monoisotopic (exact) mass is 370 g/mol. The third-order valence-corrected chi connectivity index (χ3v) is 5.01. The van der Waals surface area contributed by atoms with Gasteiger partial charge < -0.3 is 9.55 Å². The zero-order valence-corrected chi connectivity index (χ0v) is 16.2. The van der Waals surface area contributed by atoms with E-state index in [1.165, 1.54) is 0 Å². The Morgan fingerprint density at radius 1 is 1.04 bits per heavy atom. The first-order valence-corrected chi connectivity index (χ1v) is 9.25. The molecule has 5 nitrogen and oxygen atoms in total. The van der Waals surface area contributed by atoms with E-state index in [2.05, 4.69) is 27.1 Å². The van der Waals surface area contributed by atoms with E-state index in [1.54, 1.807) is 18.7 Å². The molecule has 0 aliphatic heterocycles. The van der Waals surface area contributed by atoms with Crippen LogP contribution in [0.3, 0.4) is 0 Å². The zero-order chi connectivity index (χ0) is 19.7. The molecule has 2 heterocycles. The maximum Gasteiger partial charge on any atom is 0.193 e. The van der Waals surface area contributed by atoms with Gasteiger partial charge in [0.1, 0.15) is 5.82 Å². The van der Waals surface area contributed by atoms with E-state index >= 15 is 0 Å². The molecule has 0 saturated heterocycles. The van der Waals surface area contributed by atoms with E-state index < -0.39 is 0 Å². The van der Waals surface area contributed by atoms with Crippen molar-refractivity contribution in [3.63, 3.8) is 0 Å². The van der Waals surface area contributed by atoms with Gasteiger partial charge in [0.05, 0.1) is 6.33 Å². The molecule has 0 aliphatic rings. The number of aryl methyl sites for hydroxylation is 3. The lowest BCUT2D eigenvalue weighted by atomic mass is 9.90. The summed E-state index contributed by atoms with van der Waals surface area (Å²) in [6.07, 6.45) is 9.63. The predicted molar refractivity (Wildman–Crippen MR) is 109 cm³/mol. The molecule has 0 aliphatic carbocycles. The second-order valence-electron chi connectivity index (χ2n) is 7.12. The average molecular weight is 370 g/mol. The van der Waals surface area contributed by atoms with Crippen LogP contribution in [-0.4, -0.2) is 25.3 Å². The summed E-state index contributed by atoms with van der Waals surface area (Å²) in [6, 6.07) is 10.1. The van der Waals surface area contributed by atoms with Crippen molar-refractivity contribution in [1.82, 2.24) is 19.5 Å². The first-order chi connectivity index (χ1) is 13.5. The number of ketones is 1. The van der Waals surface area contributed by atoms with Crippen LogP contribution in [0.25, 0.3) is 5.69 Å². The van der Waals surface area contributed by atoms with E-state index in [1.807, 2.05) is 55.9 Å². The van der Waals surface area contributed by atoms with Crippen molar-refractivity contribution >= 4 is 5.78 Å². The van der Waals surface area contributed by atoms with Gasteiger partial charge in [0.2, 0.25) is 0 Å². The van der Waals surface area contributed by atoms with Gasteiger partial charge >= 0.3 is 0 Å². The highest BCUT2D eigenvalue weighted by Gasteiger charge is 2.18. The molecule has 0 bridgehead atoms. The number of H-pyrrole nitrogens is 1. The molecule has 2 aromatic heterocycles. The molecular formula is C23H22N4O. The Labute approximate surface area is 164 Å². The van der Waals surface area contributed by atoms with Crippen LogP contribution in [0, 0.1) is 20.8 Å². The van der Waals surface area contributed by atoms with Crippen molar-refractivity contribution in [3.8, 4) is 5.69 Å². The summed E-state index contributed by atoms with van der Waals surface area (Å²) in [6.45, 7) is 5.97. The number of nitrogens with zero attached hydrogens (tertiary/aromatic N) is 3. The minimum atomic E-state index is 0.0546. The molecule has 2 aromatic carbocycles. The number of imidazole rings is 2. The summed E-state index contributed by atoms with van der Waals surface area (Å²) in [5.74, 6) is 0.973. The molecule has 0 radical (unpaired) electrons. The first kappa shape index (κ1) is 17.9. The average Bonchev–Trinajstić information content (AvgIpc) is 3.35. The summed E-state index contributed by atoms with van der Waals surface area (Å²) in [5.41, 5.74) is 6.50. The molecule has 0 atom stereocenters. The van der Waals surface area contributed by atoms with Crippen molar-refractivity contribution in [3.05, 3.63) is 101 Å². The number of hydrogen-bond acceptors (Lipinski definition) is 3. The van der Waals surface area contributed by atoms with Crippen LogP contribution in [0.5, 0.6) is 0 Å². The fourth-order valence-corrected chi connectivity index (χ4v) is 3.66. The fourth-order valence-electron chi connectivity index (χ4n) is 3.66. The van der Waals surface area contributed by atoms with Crippen LogP contribution < -0.4 is 0 Å². The van der Waals surface area contributed by atoms with Crippen molar-refractivity contribution in [2.24, 2.45) is 0 Å². The van der Waals surface area contributed by atoms with Crippen LogP contribution in [0.4, 0.5) is 0 Å². The molecule has 5 heteroatoms. The second kappa shape index (κ2) is 7.27. The van der Waals surface area contributed by atoms with Crippen LogP contribution in [0.2, 0.25) is 0 Å². The summed E-state index contributed by atoms with van der Waals surface area (Å²) >= 11 is 0. The van der Waals surface area contributed by atoms with E-state index in [4.69, 9.17) is 0 Å². The lowest BCUT2D eigenvalue weighted by Gasteiger charge is -2.14.